The Labute approximate surface area is 119 Å². The Morgan fingerprint density at radius 2 is 1.90 bits per heavy atom. The second-order valence-corrected chi connectivity index (χ2v) is 5.12. The minimum atomic E-state index is -4.39. The highest BCUT2D eigenvalue weighted by Gasteiger charge is 2.46. The standard InChI is InChI=1S/C13H14ClF3N2O/c14-9-4-6-10(7-5-9)18-12(20)19-8-2-1-3-11(19)13(15,16)17/h4-7,11H,1-3,8H2,(H,18,20). The van der Waals surface area contributed by atoms with E-state index in [-0.39, 0.29) is 13.0 Å². The summed E-state index contributed by atoms with van der Waals surface area (Å²) in [5.74, 6) is 0. The normalized spacial score (nSPS) is 19.8. The van der Waals surface area contributed by atoms with Crippen LogP contribution in [0.2, 0.25) is 5.02 Å². The number of carbonyl (C=O) groups is 1. The summed E-state index contributed by atoms with van der Waals surface area (Å²) < 4.78 is 38.7. The highest BCUT2D eigenvalue weighted by Crippen LogP contribution is 2.32. The van der Waals surface area contributed by atoms with Crippen molar-refractivity contribution in [3.63, 3.8) is 0 Å². The van der Waals surface area contributed by atoms with Gasteiger partial charge in [0.2, 0.25) is 0 Å². The number of carbonyl (C=O) groups excluding carboxylic acids is 1. The van der Waals surface area contributed by atoms with Crippen molar-refractivity contribution < 1.29 is 18.0 Å². The zero-order valence-corrected chi connectivity index (χ0v) is 11.3. The van der Waals surface area contributed by atoms with E-state index in [0.717, 1.165) is 4.90 Å². The summed E-state index contributed by atoms with van der Waals surface area (Å²) in [6.07, 6.45) is -3.37. The van der Waals surface area contributed by atoms with E-state index in [4.69, 9.17) is 11.6 Å². The first-order chi connectivity index (χ1) is 9.38. The summed E-state index contributed by atoms with van der Waals surface area (Å²) >= 11 is 5.71. The fraction of sp³-hybridized carbons (Fsp3) is 0.462. The highest BCUT2D eigenvalue weighted by atomic mass is 35.5. The molecule has 3 nitrogen and oxygen atoms in total. The van der Waals surface area contributed by atoms with Gasteiger partial charge in [-0.15, -0.1) is 0 Å². The summed E-state index contributed by atoms with van der Waals surface area (Å²) in [7, 11) is 0. The van der Waals surface area contributed by atoms with Gasteiger partial charge in [0.15, 0.2) is 0 Å². The molecule has 1 fully saturated rings. The van der Waals surface area contributed by atoms with Crippen LogP contribution >= 0.6 is 11.6 Å². The first kappa shape index (κ1) is 15.0. The number of nitrogens with one attached hydrogen (secondary N) is 1. The molecule has 2 rings (SSSR count). The van der Waals surface area contributed by atoms with Gasteiger partial charge >= 0.3 is 12.2 Å². The van der Waals surface area contributed by atoms with Gasteiger partial charge in [-0.05, 0) is 43.5 Å². The number of urea groups is 1. The first-order valence-corrected chi connectivity index (χ1v) is 6.65. The minimum Gasteiger partial charge on any atom is -0.312 e. The third kappa shape index (κ3) is 3.56. The molecule has 0 aliphatic carbocycles. The van der Waals surface area contributed by atoms with Gasteiger partial charge < -0.3 is 10.2 Å². The lowest BCUT2D eigenvalue weighted by Crippen LogP contribution is -2.52. The van der Waals surface area contributed by atoms with E-state index in [2.05, 4.69) is 5.32 Å². The molecule has 20 heavy (non-hydrogen) atoms. The summed E-state index contributed by atoms with van der Waals surface area (Å²) in [5, 5.41) is 2.96. The van der Waals surface area contributed by atoms with Gasteiger partial charge in [-0.1, -0.05) is 11.6 Å². The Morgan fingerprint density at radius 1 is 1.25 bits per heavy atom. The molecule has 2 amide bonds. The quantitative estimate of drug-likeness (QED) is 0.825. The number of hydrogen-bond acceptors (Lipinski definition) is 1. The van der Waals surface area contributed by atoms with E-state index in [1.807, 2.05) is 0 Å². The number of alkyl halides is 3. The number of halogens is 4. The van der Waals surface area contributed by atoms with Crippen LogP contribution in [0.4, 0.5) is 23.7 Å². The largest absolute Gasteiger partial charge is 0.408 e. The Morgan fingerprint density at radius 3 is 2.50 bits per heavy atom. The van der Waals surface area contributed by atoms with Crippen LogP contribution in [0.15, 0.2) is 24.3 Å². The van der Waals surface area contributed by atoms with Crippen molar-refractivity contribution in [2.24, 2.45) is 0 Å². The van der Waals surface area contributed by atoms with Gasteiger partial charge in [0.05, 0.1) is 0 Å². The van der Waals surface area contributed by atoms with Crippen molar-refractivity contribution in [1.82, 2.24) is 4.90 Å². The number of anilines is 1. The third-order valence-electron chi connectivity index (χ3n) is 3.24. The molecule has 0 saturated carbocycles. The first-order valence-electron chi connectivity index (χ1n) is 6.28. The summed E-state index contributed by atoms with van der Waals surface area (Å²) in [5.41, 5.74) is 0.422. The molecule has 0 radical (unpaired) electrons. The molecule has 0 aromatic heterocycles. The van der Waals surface area contributed by atoms with Crippen LogP contribution in [-0.4, -0.2) is 29.7 Å². The lowest BCUT2D eigenvalue weighted by Gasteiger charge is -2.36. The van der Waals surface area contributed by atoms with Crippen molar-refractivity contribution >= 4 is 23.3 Å². The fourth-order valence-corrected chi connectivity index (χ4v) is 2.37. The molecular weight excluding hydrogens is 293 g/mol. The number of rotatable bonds is 1. The molecule has 1 heterocycles. The molecule has 1 N–H and O–H groups in total. The monoisotopic (exact) mass is 306 g/mol. The predicted molar refractivity (Wildman–Crippen MR) is 70.9 cm³/mol. The molecule has 1 unspecified atom stereocenters. The number of amides is 2. The lowest BCUT2D eigenvalue weighted by molar-refractivity contribution is -0.181. The molecule has 0 spiro atoms. The van der Waals surface area contributed by atoms with E-state index < -0.39 is 18.2 Å². The van der Waals surface area contributed by atoms with E-state index >= 15 is 0 Å². The Hall–Kier alpha value is -1.43. The van der Waals surface area contributed by atoms with Gasteiger partial charge in [0.1, 0.15) is 6.04 Å². The summed E-state index contributed by atoms with van der Waals surface area (Å²) in [6, 6.07) is 3.79. The van der Waals surface area contributed by atoms with E-state index in [1.165, 1.54) is 0 Å². The number of likely N-dealkylation sites (tertiary alicyclic amines) is 1. The maximum Gasteiger partial charge on any atom is 0.408 e. The molecular formula is C13H14ClF3N2O. The number of benzene rings is 1. The zero-order valence-electron chi connectivity index (χ0n) is 10.6. The van der Waals surface area contributed by atoms with Crippen LogP contribution in [-0.2, 0) is 0 Å². The van der Waals surface area contributed by atoms with Gasteiger partial charge in [-0.3, -0.25) is 0 Å². The van der Waals surface area contributed by atoms with Crippen LogP contribution in [0.5, 0.6) is 0 Å². The molecule has 0 bridgehead atoms. The van der Waals surface area contributed by atoms with E-state index in [9.17, 15) is 18.0 Å². The molecule has 1 aliphatic heterocycles. The molecule has 1 aromatic rings. The van der Waals surface area contributed by atoms with Crippen molar-refractivity contribution in [2.75, 3.05) is 11.9 Å². The van der Waals surface area contributed by atoms with Gasteiger partial charge in [0.25, 0.3) is 0 Å². The average molecular weight is 307 g/mol. The lowest BCUT2D eigenvalue weighted by atomic mass is 10.0. The van der Waals surface area contributed by atoms with E-state index in [1.54, 1.807) is 24.3 Å². The predicted octanol–water partition coefficient (Wildman–Crippen LogP) is 4.29. The van der Waals surface area contributed by atoms with Crippen LogP contribution < -0.4 is 5.32 Å². The van der Waals surface area contributed by atoms with Crippen molar-refractivity contribution in [1.29, 1.82) is 0 Å². The number of piperidine rings is 1. The maximum atomic E-state index is 12.9. The van der Waals surface area contributed by atoms with E-state index in [0.29, 0.717) is 23.6 Å². The smallest absolute Gasteiger partial charge is 0.312 e. The second kappa shape index (κ2) is 5.91. The molecule has 110 valence electrons. The molecule has 1 aromatic carbocycles. The number of hydrogen-bond donors (Lipinski definition) is 1. The minimum absolute atomic E-state index is 0.0441. The molecule has 1 saturated heterocycles. The fourth-order valence-electron chi connectivity index (χ4n) is 2.24. The zero-order chi connectivity index (χ0) is 14.8. The molecule has 1 atom stereocenters. The highest BCUT2D eigenvalue weighted by molar-refractivity contribution is 6.30. The van der Waals surface area contributed by atoms with Crippen LogP contribution in [0.3, 0.4) is 0 Å². The Balaban J connectivity index is 2.08. The summed E-state index contributed by atoms with van der Waals surface area (Å²) in [6.45, 7) is 0.115. The van der Waals surface area contributed by atoms with Gasteiger partial charge in [-0.2, -0.15) is 13.2 Å². The summed E-state index contributed by atoms with van der Waals surface area (Å²) in [4.78, 5) is 12.9. The average Bonchev–Trinajstić information content (AvgIpc) is 2.40. The number of nitrogens with zero attached hydrogens (tertiary/aromatic N) is 1. The van der Waals surface area contributed by atoms with Gasteiger partial charge in [0, 0.05) is 17.3 Å². The second-order valence-electron chi connectivity index (χ2n) is 4.68. The van der Waals surface area contributed by atoms with Crippen molar-refractivity contribution in [3.8, 4) is 0 Å². The van der Waals surface area contributed by atoms with Crippen molar-refractivity contribution in [2.45, 2.75) is 31.5 Å². The Bertz CT molecular complexity index is 475. The maximum absolute atomic E-state index is 12.9. The van der Waals surface area contributed by atoms with Gasteiger partial charge in [-0.25, -0.2) is 4.79 Å². The topological polar surface area (TPSA) is 32.3 Å². The Kier molecular flexibility index (Phi) is 4.42. The van der Waals surface area contributed by atoms with Crippen LogP contribution in [0.25, 0.3) is 0 Å². The van der Waals surface area contributed by atoms with Crippen LogP contribution in [0, 0.1) is 0 Å². The molecule has 1 aliphatic rings. The molecule has 7 heteroatoms. The van der Waals surface area contributed by atoms with Crippen molar-refractivity contribution in [3.05, 3.63) is 29.3 Å². The SMILES string of the molecule is O=C(Nc1ccc(Cl)cc1)N1CCCCC1C(F)(F)F. The van der Waals surface area contributed by atoms with Crippen LogP contribution in [0.1, 0.15) is 19.3 Å². The third-order valence-corrected chi connectivity index (χ3v) is 3.49.